The number of hydrogen-bond acceptors (Lipinski definition) is 2. The van der Waals surface area contributed by atoms with Crippen LogP contribution >= 0.6 is 0 Å². The molecule has 2 rings (SSSR count). The molecule has 17 heavy (non-hydrogen) atoms. The van der Waals surface area contributed by atoms with Gasteiger partial charge in [0.15, 0.2) is 0 Å². The third-order valence-corrected chi connectivity index (χ3v) is 2.97. The third-order valence-electron chi connectivity index (χ3n) is 2.97. The SMILES string of the molecule is O=C(CN1CCCC1)NCc1ccc(F)cc1. The van der Waals surface area contributed by atoms with Crippen molar-refractivity contribution in [2.45, 2.75) is 19.4 Å². The molecule has 1 aliphatic rings. The summed E-state index contributed by atoms with van der Waals surface area (Å²) >= 11 is 0. The normalized spacial score (nSPS) is 16.1. The highest BCUT2D eigenvalue weighted by Crippen LogP contribution is 2.06. The van der Waals surface area contributed by atoms with Crippen LogP contribution in [0.5, 0.6) is 0 Å². The summed E-state index contributed by atoms with van der Waals surface area (Å²) in [6, 6.07) is 6.18. The smallest absolute Gasteiger partial charge is 0.234 e. The number of benzene rings is 1. The third kappa shape index (κ3) is 3.82. The first-order valence-corrected chi connectivity index (χ1v) is 5.97. The predicted molar refractivity (Wildman–Crippen MR) is 63.9 cm³/mol. The summed E-state index contributed by atoms with van der Waals surface area (Å²) in [5.41, 5.74) is 0.918. The number of nitrogens with zero attached hydrogens (tertiary/aromatic N) is 1. The summed E-state index contributed by atoms with van der Waals surface area (Å²) in [7, 11) is 0. The molecule has 0 aliphatic carbocycles. The molecule has 4 heteroatoms. The van der Waals surface area contributed by atoms with Crippen LogP contribution in [-0.2, 0) is 11.3 Å². The molecule has 1 fully saturated rings. The molecule has 0 saturated carbocycles. The molecule has 0 unspecified atom stereocenters. The van der Waals surface area contributed by atoms with E-state index < -0.39 is 0 Å². The van der Waals surface area contributed by atoms with Gasteiger partial charge in [-0.15, -0.1) is 0 Å². The van der Waals surface area contributed by atoms with E-state index in [0.29, 0.717) is 13.1 Å². The van der Waals surface area contributed by atoms with Crippen molar-refractivity contribution in [1.82, 2.24) is 10.2 Å². The van der Waals surface area contributed by atoms with Gasteiger partial charge in [0.25, 0.3) is 0 Å². The summed E-state index contributed by atoms with van der Waals surface area (Å²) in [6.45, 7) is 2.97. The summed E-state index contributed by atoms with van der Waals surface area (Å²) in [4.78, 5) is 13.8. The minimum absolute atomic E-state index is 0.0382. The Morgan fingerprint density at radius 1 is 1.24 bits per heavy atom. The van der Waals surface area contributed by atoms with Crippen molar-refractivity contribution < 1.29 is 9.18 Å². The van der Waals surface area contributed by atoms with E-state index in [-0.39, 0.29) is 11.7 Å². The van der Waals surface area contributed by atoms with Crippen LogP contribution in [-0.4, -0.2) is 30.4 Å². The zero-order chi connectivity index (χ0) is 12.1. The maximum absolute atomic E-state index is 12.7. The fraction of sp³-hybridized carbons (Fsp3) is 0.462. The lowest BCUT2D eigenvalue weighted by atomic mass is 10.2. The molecular formula is C13H17FN2O. The highest BCUT2D eigenvalue weighted by atomic mass is 19.1. The van der Waals surface area contributed by atoms with E-state index in [1.807, 2.05) is 0 Å². The molecule has 1 heterocycles. The van der Waals surface area contributed by atoms with Crippen LogP contribution in [0.15, 0.2) is 24.3 Å². The maximum Gasteiger partial charge on any atom is 0.234 e. The van der Waals surface area contributed by atoms with Crippen LogP contribution in [0.4, 0.5) is 4.39 Å². The van der Waals surface area contributed by atoms with E-state index in [9.17, 15) is 9.18 Å². The van der Waals surface area contributed by atoms with E-state index in [2.05, 4.69) is 10.2 Å². The molecule has 1 aromatic rings. The molecule has 0 aromatic heterocycles. The summed E-state index contributed by atoms with van der Waals surface area (Å²) < 4.78 is 12.7. The zero-order valence-electron chi connectivity index (χ0n) is 9.79. The molecule has 1 saturated heterocycles. The standard InChI is InChI=1S/C13H17FN2O/c14-12-5-3-11(4-6-12)9-15-13(17)10-16-7-1-2-8-16/h3-6H,1-2,7-10H2,(H,15,17). The minimum atomic E-state index is -0.253. The fourth-order valence-electron chi connectivity index (χ4n) is 2.00. The number of likely N-dealkylation sites (tertiary alicyclic amines) is 1. The van der Waals surface area contributed by atoms with E-state index in [4.69, 9.17) is 0 Å². The van der Waals surface area contributed by atoms with Gasteiger partial charge in [-0.25, -0.2) is 4.39 Å². The van der Waals surface area contributed by atoms with Crippen LogP contribution in [0.1, 0.15) is 18.4 Å². The summed E-state index contributed by atoms with van der Waals surface area (Å²) in [5, 5.41) is 2.84. The lowest BCUT2D eigenvalue weighted by Crippen LogP contribution is -2.35. The van der Waals surface area contributed by atoms with Crippen LogP contribution in [0.25, 0.3) is 0 Å². The molecular weight excluding hydrogens is 219 g/mol. The maximum atomic E-state index is 12.7. The molecule has 1 aromatic carbocycles. The highest BCUT2D eigenvalue weighted by molar-refractivity contribution is 5.78. The second-order valence-electron chi connectivity index (χ2n) is 4.39. The molecule has 1 aliphatic heterocycles. The Bertz CT molecular complexity index is 372. The number of halogens is 1. The Balaban J connectivity index is 1.73. The molecule has 1 N–H and O–H groups in total. The second-order valence-corrected chi connectivity index (χ2v) is 4.39. The van der Waals surface area contributed by atoms with Crippen molar-refractivity contribution in [3.63, 3.8) is 0 Å². The van der Waals surface area contributed by atoms with Crippen LogP contribution in [0.2, 0.25) is 0 Å². The Kier molecular flexibility index (Phi) is 4.09. The average molecular weight is 236 g/mol. The molecule has 0 spiro atoms. The van der Waals surface area contributed by atoms with E-state index in [0.717, 1.165) is 18.7 Å². The van der Waals surface area contributed by atoms with Gasteiger partial charge in [-0.3, -0.25) is 9.69 Å². The predicted octanol–water partition coefficient (Wildman–Crippen LogP) is 1.54. The van der Waals surface area contributed by atoms with Crippen molar-refractivity contribution in [3.05, 3.63) is 35.6 Å². The van der Waals surface area contributed by atoms with E-state index in [1.54, 1.807) is 12.1 Å². The first-order valence-electron chi connectivity index (χ1n) is 5.97. The molecule has 0 radical (unpaired) electrons. The number of rotatable bonds is 4. The number of carbonyl (C=O) groups excluding carboxylic acids is 1. The topological polar surface area (TPSA) is 32.3 Å². The lowest BCUT2D eigenvalue weighted by molar-refractivity contribution is -0.122. The van der Waals surface area contributed by atoms with Crippen LogP contribution in [0.3, 0.4) is 0 Å². The van der Waals surface area contributed by atoms with Crippen molar-refractivity contribution in [3.8, 4) is 0 Å². The first-order chi connectivity index (χ1) is 8.24. The number of carbonyl (C=O) groups is 1. The van der Waals surface area contributed by atoms with Gasteiger partial charge in [0, 0.05) is 6.54 Å². The molecule has 1 amide bonds. The average Bonchev–Trinajstić information content (AvgIpc) is 2.81. The summed E-state index contributed by atoms with van der Waals surface area (Å²) in [6.07, 6.45) is 2.37. The van der Waals surface area contributed by atoms with Gasteiger partial charge in [-0.1, -0.05) is 12.1 Å². The molecule has 3 nitrogen and oxygen atoms in total. The van der Waals surface area contributed by atoms with E-state index in [1.165, 1.54) is 25.0 Å². The van der Waals surface area contributed by atoms with Gasteiger partial charge in [-0.2, -0.15) is 0 Å². The largest absolute Gasteiger partial charge is 0.351 e. The number of nitrogens with one attached hydrogen (secondary N) is 1. The van der Waals surface area contributed by atoms with Gasteiger partial charge < -0.3 is 5.32 Å². The van der Waals surface area contributed by atoms with Gasteiger partial charge >= 0.3 is 0 Å². The van der Waals surface area contributed by atoms with Crippen LogP contribution in [0, 0.1) is 5.82 Å². The quantitative estimate of drug-likeness (QED) is 0.860. The zero-order valence-corrected chi connectivity index (χ0v) is 9.79. The Morgan fingerprint density at radius 2 is 1.88 bits per heavy atom. The van der Waals surface area contributed by atoms with E-state index >= 15 is 0 Å². The molecule has 0 bridgehead atoms. The van der Waals surface area contributed by atoms with Gasteiger partial charge in [-0.05, 0) is 43.6 Å². The van der Waals surface area contributed by atoms with Crippen molar-refractivity contribution in [1.29, 1.82) is 0 Å². The first kappa shape index (κ1) is 12.0. The van der Waals surface area contributed by atoms with Crippen molar-refractivity contribution >= 4 is 5.91 Å². The Hall–Kier alpha value is -1.42. The van der Waals surface area contributed by atoms with Gasteiger partial charge in [0.05, 0.1) is 6.54 Å². The second kappa shape index (κ2) is 5.77. The summed E-state index contributed by atoms with van der Waals surface area (Å²) in [5.74, 6) is -0.214. The van der Waals surface area contributed by atoms with Gasteiger partial charge in [0.2, 0.25) is 5.91 Å². The molecule has 0 atom stereocenters. The number of hydrogen-bond donors (Lipinski definition) is 1. The van der Waals surface area contributed by atoms with Crippen LogP contribution < -0.4 is 5.32 Å². The number of amides is 1. The highest BCUT2D eigenvalue weighted by Gasteiger charge is 2.14. The van der Waals surface area contributed by atoms with Crippen molar-refractivity contribution in [2.75, 3.05) is 19.6 Å². The Morgan fingerprint density at radius 3 is 2.53 bits per heavy atom. The lowest BCUT2D eigenvalue weighted by Gasteiger charge is -2.14. The van der Waals surface area contributed by atoms with Crippen molar-refractivity contribution in [2.24, 2.45) is 0 Å². The fourth-order valence-corrected chi connectivity index (χ4v) is 2.00. The minimum Gasteiger partial charge on any atom is -0.351 e. The molecule has 92 valence electrons. The van der Waals surface area contributed by atoms with Gasteiger partial charge in [0.1, 0.15) is 5.82 Å². The monoisotopic (exact) mass is 236 g/mol. The Labute approximate surface area is 101 Å².